The molecule has 0 saturated carbocycles. The van der Waals surface area contributed by atoms with Crippen LogP contribution in [0.1, 0.15) is 23.1 Å². The second kappa shape index (κ2) is 3.25. The van der Waals surface area contributed by atoms with Gasteiger partial charge in [0.2, 0.25) is 0 Å². The number of nitrogens with zero attached hydrogens (tertiary/aromatic N) is 1. The van der Waals surface area contributed by atoms with Crippen LogP contribution in [0, 0.1) is 0 Å². The van der Waals surface area contributed by atoms with Gasteiger partial charge < -0.3 is 5.21 Å². The molecule has 5 heteroatoms. The molecule has 2 nitrogen and oxygen atoms in total. The molecule has 0 heterocycles. The van der Waals surface area contributed by atoms with Gasteiger partial charge in [-0.1, -0.05) is 11.2 Å². The van der Waals surface area contributed by atoms with E-state index in [0.29, 0.717) is 24.1 Å². The predicted molar refractivity (Wildman–Crippen MR) is 48.1 cm³/mol. The van der Waals surface area contributed by atoms with Gasteiger partial charge in [0.15, 0.2) is 0 Å². The van der Waals surface area contributed by atoms with Crippen LogP contribution in [0.3, 0.4) is 0 Å². The van der Waals surface area contributed by atoms with Crippen molar-refractivity contribution in [2.24, 2.45) is 5.16 Å². The van der Waals surface area contributed by atoms with Gasteiger partial charge in [-0.2, -0.15) is 13.2 Å². The summed E-state index contributed by atoms with van der Waals surface area (Å²) in [6.45, 7) is 0. The summed E-state index contributed by atoms with van der Waals surface area (Å²) in [5.74, 6) is 0. The Balaban J connectivity index is 2.51. The standard InChI is InChI=1S/C10H8F3NO/c11-10(12,13)7-3-1-6-2-4-9(14-15)8(6)5-7/h1,3,5,15H,2,4H2/b14-9+. The van der Waals surface area contributed by atoms with Crippen LogP contribution in [0.4, 0.5) is 13.2 Å². The van der Waals surface area contributed by atoms with Gasteiger partial charge in [-0.25, -0.2) is 0 Å². The third kappa shape index (κ3) is 1.69. The Bertz CT molecular complexity index is 423. The van der Waals surface area contributed by atoms with Gasteiger partial charge >= 0.3 is 6.18 Å². The minimum Gasteiger partial charge on any atom is -0.411 e. The third-order valence-electron chi connectivity index (χ3n) is 2.50. The van der Waals surface area contributed by atoms with Crippen molar-refractivity contribution < 1.29 is 18.4 Å². The van der Waals surface area contributed by atoms with Crippen molar-refractivity contribution >= 4 is 5.71 Å². The maximum atomic E-state index is 12.4. The number of benzene rings is 1. The smallest absolute Gasteiger partial charge is 0.411 e. The van der Waals surface area contributed by atoms with Gasteiger partial charge in [-0.05, 0) is 30.5 Å². The Hall–Kier alpha value is -1.52. The molecule has 0 bridgehead atoms. The van der Waals surface area contributed by atoms with E-state index in [1.807, 2.05) is 0 Å². The molecule has 15 heavy (non-hydrogen) atoms. The van der Waals surface area contributed by atoms with Gasteiger partial charge in [0, 0.05) is 5.56 Å². The van der Waals surface area contributed by atoms with Crippen molar-refractivity contribution in [2.45, 2.75) is 19.0 Å². The molecule has 80 valence electrons. The van der Waals surface area contributed by atoms with Crippen molar-refractivity contribution in [1.29, 1.82) is 0 Å². The van der Waals surface area contributed by atoms with E-state index < -0.39 is 11.7 Å². The van der Waals surface area contributed by atoms with Crippen LogP contribution in [-0.2, 0) is 12.6 Å². The topological polar surface area (TPSA) is 32.6 Å². The molecule has 0 amide bonds. The quantitative estimate of drug-likeness (QED) is 0.523. The molecule has 0 saturated heterocycles. The molecule has 0 atom stereocenters. The highest BCUT2D eigenvalue weighted by molar-refractivity contribution is 6.04. The van der Waals surface area contributed by atoms with Gasteiger partial charge in [0.05, 0.1) is 11.3 Å². The van der Waals surface area contributed by atoms with E-state index in [4.69, 9.17) is 5.21 Å². The van der Waals surface area contributed by atoms with Crippen molar-refractivity contribution in [3.05, 3.63) is 34.9 Å². The minimum absolute atomic E-state index is 0.330. The zero-order chi connectivity index (χ0) is 11.1. The highest BCUT2D eigenvalue weighted by Crippen LogP contribution is 2.33. The number of rotatable bonds is 0. The van der Waals surface area contributed by atoms with Gasteiger partial charge in [-0.3, -0.25) is 0 Å². The van der Waals surface area contributed by atoms with Gasteiger partial charge in [-0.15, -0.1) is 0 Å². The Morgan fingerprint density at radius 3 is 2.53 bits per heavy atom. The SMILES string of the molecule is O/N=C1\CCc2ccc(C(F)(F)F)cc21. The molecule has 2 rings (SSSR count). The number of halogens is 3. The molecule has 0 fully saturated rings. The number of aryl methyl sites for hydroxylation is 1. The molecule has 1 N–H and O–H groups in total. The van der Waals surface area contributed by atoms with Crippen LogP contribution < -0.4 is 0 Å². The average Bonchev–Trinajstić information content (AvgIpc) is 2.57. The highest BCUT2D eigenvalue weighted by atomic mass is 19.4. The fraction of sp³-hybridized carbons (Fsp3) is 0.300. The number of oxime groups is 1. The Labute approximate surface area is 84.0 Å². The zero-order valence-corrected chi connectivity index (χ0v) is 7.67. The zero-order valence-electron chi connectivity index (χ0n) is 7.67. The van der Waals surface area contributed by atoms with Crippen molar-refractivity contribution in [3.8, 4) is 0 Å². The van der Waals surface area contributed by atoms with E-state index >= 15 is 0 Å². The van der Waals surface area contributed by atoms with Gasteiger partial charge in [0.25, 0.3) is 0 Å². The van der Waals surface area contributed by atoms with Crippen LogP contribution in [0.25, 0.3) is 0 Å². The van der Waals surface area contributed by atoms with E-state index in [1.54, 1.807) is 0 Å². The first kappa shape index (κ1) is 10.0. The Morgan fingerprint density at radius 1 is 1.20 bits per heavy atom. The first-order valence-electron chi connectivity index (χ1n) is 4.44. The van der Waals surface area contributed by atoms with Crippen molar-refractivity contribution in [3.63, 3.8) is 0 Å². The van der Waals surface area contributed by atoms with Crippen LogP contribution in [0.5, 0.6) is 0 Å². The van der Waals surface area contributed by atoms with Crippen molar-refractivity contribution in [2.75, 3.05) is 0 Å². The monoisotopic (exact) mass is 215 g/mol. The Morgan fingerprint density at radius 2 is 1.93 bits per heavy atom. The molecule has 1 aliphatic rings. The molecule has 0 unspecified atom stereocenters. The maximum absolute atomic E-state index is 12.4. The van der Waals surface area contributed by atoms with E-state index in [-0.39, 0.29) is 0 Å². The highest BCUT2D eigenvalue weighted by Gasteiger charge is 2.32. The lowest BCUT2D eigenvalue weighted by atomic mass is 10.1. The molecule has 0 aliphatic heterocycles. The van der Waals surface area contributed by atoms with E-state index in [2.05, 4.69) is 5.16 Å². The molecular weight excluding hydrogens is 207 g/mol. The summed E-state index contributed by atoms with van der Waals surface area (Å²) in [7, 11) is 0. The number of alkyl halides is 3. The number of hydrogen-bond acceptors (Lipinski definition) is 2. The molecule has 0 radical (unpaired) electrons. The maximum Gasteiger partial charge on any atom is 0.416 e. The van der Waals surface area contributed by atoms with Crippen LogP contribution >= 0.6 is 0 Å². The second-order valence-corrected chi connectivity index (χ2v) is 3.42. The Kier molecular flexibility index (Phi) is 2.17. The first-order chi connectivity index (χ1) is 7.02. The van der Waals surface area contributed by atoms with Crippen molar-refractivity contribution in [1.82, 2.24) is 0 Å². The number of fused-ring (bicyclic) bond motifs is 1. The normalized spacial score (nSPS) is 18.2. The molecule has 0 aromatic heterocycles. The summed E-state index contributed by atoms with van der Waals surface area (Å²) < 4.78 is 37.2. The van der Waals surface area contributed by atoms with Gasteiger partial charge in [0.1, 0.15) is 0 Å². The summed E-state index contributed by atoms with van der Waals surface area (Å²) in [6.07, 6.45) is -3.22. The lowest BCUT2D eigenvalue weighted by Crippen LogP contribution is -2.06. The van der Waals surface area contributed by atoms with Crippen LogP contribution in [-0.4, -0.2) is 10.9 Å². The van der Waals surface area contributed by atoms with E-state index in [0.717, 1.165) is 17.7 Å². The largest absolute Gasteiger partial charge is 0.416 e. The summed E-state index contributed by atoms with van der Waals surface area (Å²) in [6, 6.07) is 3.53. The fourth-order valence-electron chi connectivity index (χ4n) is 1.73. The first-order valence-corrected chi connectivity index (χ1v) is 4.44. The van der Waals surface area contributed by atoms with Crippen LogP contribution in [0.15, 0.2) is 23.4 Å². The summed E-state index contributed by atoms with van der Waals surface area (Å²) >= 11 is 0. The third-order valence-corrected chi connectivity index (χ3v) is 2.50. The average molecular weight is 215 g/mol. The lowest BCUT2D eigenvalue weighted by Gasteiger charge is -2.08. The van der Waals surface area contributed by atoms with E-state index in [1.165, 1.54) is 6.07 Å². The fourth-order valence-corrected chi connectivity index (χ4v) is 1.73. The second-order valence-electron chi connectivity index (χ2n) is 3.42. The minimum atomic E-state index is -4.35. The molecule has 1 aromatic rings. The molecule has 1 aromatic carbocycles. The molecule has 1 aliphatic carbocycles. The lowest BCUT2D eigenvalue weighted by molar-refractivity contribution is -0.137. The van der Waals surface area contributed by atoms with Crippen LogP contribution in [0.2, 0.25) is 0 Å². The predicted octanol–water partition coefficient (Wildman–Crippen LogP) is 2.83. The summed E-state index contributed by atoms with van der Waals surface area (Å²) in [5.41, 5.74) is 0.837. The number of hydrogen-bond donors (Lipinski definition) is 1. The molecule has 0 spiro atoms. The summed E-state index contributed by atoms with van der Waals surface area (Å²) in [4.78, 5) is 0. The van der Waals surface area contributed by atoms with E-state index in [9.17, 15) is 13.2 Å². The summed E-state index contributed by atoms with van der Waals surface area (Å²) in [5, 5.41) is 11.6. The molecular formula is C10H8F3NO.